The third kappa shape index (κ3) is 2.63. The second kappa shape index (κ2) is 4.70. The summed E-state index contributed by atoms with van der Waals surface area (Å²) in [5, 5.41) is 3.12. The number of nitrogens with zero attached hydrogens (tertiary/aromatic N) is 1. The smallest absolute Gasteiger partial charge is 0.340 e. The molecule has 0 atom stereocenters. The molecular formula is C11H12N2O2. The van der Waals surface area contributed by atoms with Gasteiger partial charge in [0.25, 0.3) is 0 Å². The van der Waals surface area contributed by atoms with Gasteiger partial charge in [-0.2, -0.15) is 0 Å². The van der Waals surface area contributed by atoms with Crippen LogP contribution in [0.2, 0.25) is 0 Å². The minimum absolute atomic E-state index is 0.296. The standard InChI is InChI=1S/C11H12N2O2/c14-11(9-3-1-5-12-7-9)15-10-4-2-6-13-8-10/h2-4,6,8,12H,1,5,7H2. The zero-order chi connectivity index (χ0) is 10.5. The molecule has 15 heavy (non-hydrogen) atoms. The molecule has 1 N–H and O–H groups in total. The molecule has 0 amide bonds. The van der Waals surface area contributed by atoms with Crippen molar-refractivity contribution in [3.63, 3.8) is 0 Å². The van der Waals surface area contributed by atoms with Crippen LogP contribution in [0.15, 0.2) is 36.2 Å². The first-order chi connectivity index (χ1) is 7.36. The second-order valence-corrected chi connectivity index (χ2v) is 3.27. The quantitative estimate of drug-likeness (QED) is 0.727. The summed E-state index contributed by atoms with van der Waals surface area (Å²) in [6, 6.07) is 3.44. The minimum Gasteiger partial charge on any atom is -0.421 e. The van der Waals surface area contributed by atoms with E-state index in [9.17, 15) is 4.79 Å². The zero-order valence-corrected chi connectivity index (χ0v) is 8.27. The summed E-state index contributed by atoms with van der Waals surface area (Å²) in [5.74, 6) is 0.184. The zero-order valence-electron chi connectivity index (χ0n) is 8.27. The van der Waals surface area contributed by atoms with Crippen LogP contribution < -0.4 is 10.1 Å². The van der Waals surface area contributed by atoms with Gasteiger partial charge in [0.05, 0.1) is 6.20 Å². The van der Waals surface area contributed by atoms with Gasteiger partial charge in [0, 0.05) is 18.3 Å². The first-order valence-corrected chi connectivity index (χ1v) is 4.88. The molecule has 0 radical (unpaired) electrons. The van der Waals surface area contributed by atoms with Gasteiger partial charge in [-0.3, -0.25) is 4.98 Å². The Bertz CT molecular complexity index is 373. The van der Waals surface area contributed by atoms with E-state index in [1.165, 1.54) is 6.20 Å². The molecular weight excluding hydrogens is 192 g/mol. The Balaban J connectivity index is 2.00. The molecule has 4 nitrogen and oxygen atoms in total. The van der Waals surface area contributed by atoms with E-state index in [-0.39, 0.29) is 5.97 Å². The van der Waals surface area contributed by atoms with Gasteiger partial charge in [-0.1, -0.05) is 6.08 Å². The maximum absolute atomic E-state index is 11.6. The number of rotatable bonds is 2. The number of carbonyl (C=O) groups is 1. The van der Waals surface area contributed by atoms with Crippen LogP contribution in [-0.4, -0.2) is 24.0 Å². The molecule has 0 unspecified atom stereocenters. The third-order valence-corrected chi connectivity index (χ3v) is 2.13. The largest absolute Gasteiger partial charge is 0.421 e. The summed E-state index contributed by atoms with van der Waals surface area (Å²) in [5.41, 5.74) is 0.685. The molecule has 0 spiro atoms. The Morgan fingerprint density at radius 3 is 3.13 bits per heavy atom. The van der Waals surface area contributed by atoms with Crippen LogP contribution in [0, 0.1) is 0 Å². The van der Waals surface area contributed by atoms with Gasteiger partial charge in [-0.05, 0) is 25.1 Å². The summed E-state index contributed by atoms with van der Waals surface area (Å²) in [7, 11) is 0. The lowest BCUT2D eigenvalue weighted by Crippen LogP contribution is -2.28. The van der Waals surface area contributed by atoms with Gasteiger partial charge >= 0.3 is 5.97 Å². The number of aromatic nitrogens is 1. The van der Waals surface area contributed by atoms with Crippen molar-refractivity contribution in [1.82, 2.24) is 10.3 Å². The lowest BCUT2D eigenvalue weighted by Gasteiger charge is -2.12. The minimum atomic E-state index is -0.296. The molecule has 78 valence electrons. The van der Waals surface area contributed by atoms with Crippen LogP contribution in [-0.2, 0) is 4.79 Å². The molecule has 2 heterocycles. The molecule has 1 aliphatic rings. The number of esters is 1. The highest BCUT2D eigenvalue weighted by atomic mass is 16.5. The number of nitrogens with one attached hydrogen (secondary N) is 1. The van der Waals surface area contributed by atoms with Crippen molar-refractivity contribution in [3.05, 3.63) is 36.2 Å². The van der Waals surface area contributed by atoms with Gasteiger partial charge < -0.3 is 10.1 Å². The Morgan fingerprint density at radius 1 is 1.53 bits per heavy atom. The molecule has 0 aliphatic carbocycles. The molecule has 1 aromatic heterocycles. The van der Waals surface area contributed by atoms with Crippen LogP contribution in [0.5, 0.6) is 5.75 Å². The number of pyridine rings is 1. The molecule has 4 heteroatoms. The fourth-order valence-corrected chi connectivity index (χ4v) is 1.38. The van der Waals surface area contributed by atoms with E-state index in [4.69, 9.17) is 4.74 Å². The fourth-order valence-electron chi connectivity index (χ4n) is 1.38. The summed E-state index contributed by atoms with van der Waals surface area (Å²) >= 11 is 0. The van der Waals surface area contributed by atoms with Gasteiger partial charge in [-0.25, -0.2) is 4.79 Å². The average Bonchev–Trinajstić information content (AvgIpc) is 2.31. The number of hydrogen-bond donors (Lipinski definition) is 1. The van der Waals surface area contributed by atoms with Crippen LogP contribution in [0.3, 0.4) is 0 Å². The number of carbonyl (C=O) groups excluding carboxylic acids is 1. The Kier molecular flexibility index (Phi) is 3.09. The van der Waals surface area contributed by atoms with Gasteiger partial charge in [0.1, 0.15) is 5.75 Å². The highest BCUT2D eigenvalue weighted by Gasteiger charge is 2.13. The van der Waals surface area contributed by atoms with Crippen LogP contribution in [0.25, 0.3) is 0 Å². The summed E-state index contributed by atoms with van der Waals surface area (Å²) in [6.45, 7) is 1.50. The fraction of sp³-hybridized carbons (Fsp3) is 0.273. The maximum atomic E-state index is 11.6. The average molecular weight is 204 g/mol. The summed E-state index contributed by atoms with van der Waals surface area (Å²) < 4.78 is 5.14. The first kappa shape index (κ1) is 9.86. The van der Waals surface area contributed by atoms with Gasteiger partial charge in [-0.15, -0.1) is 0 Å². The van der Waals surface area contributed by atoms with Crippen LogP contribution in [0.4, 0.5) is 0 Å². The van der Waals surface area contributed by atoms with Crippen molar-refractivity contribution in [2.75, 3.05) is 13.1 Å². The molecule has 1 aromatic rings. The third-order valence-electron chi connectivity index (χ3n) is 2.13. The van der Waals surface area contributed by atoms with Gasteiger partial charge in [0.2, 0.25) is 0 Å². The lowest BCUT2D eigenvalue weighted by atomic mass is 10.1. The lowest BCUT2D eigenvalue weighted by molar-refractivity contribution is -0.130. The maximum Gasteiger partial charge on any atom is 0.340 e. The van der Waals surface area contributed by atoms with E-state index in [0.717, 1.165) is 13.0 Å². The van der Waals surface area contributed by atoms with E-state index in [1.54, 1.807) is 18.3 Å². The first-order valence-electron chi connectivity index (χ1n) is 4.88. The van der Waals surface area contributed by atoms with E-state index >= 15 is 0 Å². The second-order valence-electron chi connectivity index (χ2n) is 3.27. The molecule has 0 fully saturated rings. The predicted octanol–water partition coefficient (Wildman–Crippen LogP) is 0.907. The van der Waals surface area contributed by atoms with Crippen molar-refractivity contribution < 1.29 is 9.53 Å². The van der Waals surface area contributed by atoms with Crippen molar-refractivity contribution >= 4 is 5.97 Å². The highest BCUT2D eigenvalue weighted by molar-refractivity contribution is 5.90. The molecule has 0 bridgehead atoms. The Morgan fingerprint density at radius 2 is 2.47 bits per heavy atom. The van der Waals surface area contributed by atoms with Gasteiger partial charge in [0.15, 0.2) is 0 Å². The molecule has 2 rings (SSSR count). The topological polar surface area (TPSA) is 51.2 Å². The Labute approximate surface area is 88.0 Å². The van der Waals surface area contributed by atoms with E-state index in [0.29, 0.717) is 17.9 Å². The summed E-state index contributed by atoms with van der Waals surface area (Å²) in [6.07, 6.45) is 5.94. The van der Waals surface area contributed by atoms with Crippen molar-refractivity contribution in [2.45, 2.75) is 6.42 Å². The van der Waals surface area contributed by atoms with E-state index in [1.807, 2.05) is 6.08 Å². The van der Waals surface area contributed by atoms with Crippen molar-refractivity contribution in [3.8, 4) is 5.75 Å². The highest BCUT2D eigenvalue weighted by Crippen LogP contribution is 2.10. The van der Waals surface area contributed by atoms with Crippen LogP contribution in [0.1, 0.15) is 6.42 Å². The van der Waals surface area contributed by atoms with Crippen molar-refractivity contribution in [2.24, 2.45) is 0 Å². The van der Waals surface area contributed by atoms with E-state index in [2.05, 4.69) is 10.3 Å². The van der Waals surface area contributed by atoms with E-state index < -0.39 is 0 Å². The monoisotopic (exact) mass is 204 g/mol. The normalized spacial score (nSPS) is 15.6. The number of hydrogen-bond acceptors (Lipinski definition) is 4. The SMILES string of the molecule is O=C(Oc1cccnc1)C1=CCCNC1. The molecule has 1 aliphatic heterocycles. The van der Waals surface area contributed by atoms with Crippen LogP contribution >= 0.6 is 0 Å². The Hall–Kier alpha value is -1.68. The molecule has 0 aromatic carbocycles. The summed E-state index contributed by atoms with van der Waals surface area (Å²) in [4.78, 5) is 15.5. The predicted molar refractivity (Wildman–Crippen MR) is 55.4 cm³/mol. The van der Waals surface area contributed by atoms with Crippen molar-refractivity contribution in [1.29, 1.82) is 0 Å². The number of ether oxygens (including phenoxy) is 1. The molecule has 0 saturated carbocycles. The molecule has 0 saturated heterocycles.